The molecule has 0 saturated carbocycles. The molecule has 0 aliphatic carbocycles. The Morgan fingerprint density at radius 3 is 2.21 bits per heavy atom. The number of benzene rings is 2. The van der Waals surface area contributed by atoms with E-state index in [-0.39, 0.29) is 11.2 Å². The maximum Gasteiger partial charge on any atom is 0.185 e. The predicted molar refractivity (Wildman–Crippen MR) is 114 cm³/mol. The molecule has 0 bridgehead atoms. The van der Waals surface area contributed by atoms with Gasteiger partial charge in [-0.05, 0) is 53.8 Å². The summed E-state index contributed by atoms with van der Waals surface area (Å²) in [6, 6.07) is 11.0. The summed E-state index contributed by atoms with van der Waals surface area (Å²) >= 11 is 0. The van der Waals surface area contributed by atoms with Crippen LogP contribution in [-0.4, -0.2) is 26.6 Å². The van der Waals surface area contributed by atoms with Crippen LogP contribution in [-0.2, 0) is 5.41 Å². The molecule has 2 aromatic rings. The van der Waals surface area contributed by atoms with Crippen LogP contribution in [0, 0.1) is 0 Å². The Balaban J connectivity index is 2.33. The van der Waals surface area contributed by atoms with Crippen molar-refractivity contribution in [2.24, 2.45) is 0 Å². The van der Waals surface area contributed by atoms with E-state index in [0.29, 0.717) is 17.9 Å². The quantitative estimate of drug-likeness (QED) is 0.435. The molecular formula is C24H30O4. The topological polar surface area (TPSA) is 44.8 Å². The number of allylic oxidation sites excluding steroid dienone is 1. The van der Waals surface area contributed by atoms with Crippen molar-refractivity contribution in [2.75, 3.05) is 20.8 Å². The average molecular weight is 383 g/mol. The number of carbonyl (C=O) groups is 1. The van der Waals surface area contributed by atoms with E-state index in [2.05, 4.69) is 27.7 Å². The minimum atomic E-state index is -0.154. The standard InChI is InChI=1S/C24H30O4/c1-7-14-28-19-11-8-17(9-12-19)21(25)13-10-18-15-20(26-5)16-22(27-6)23(18)24(2,3)4/h8-13,15-16H,7,14H2,1-6H3. The molecule has 28 heavy (non-hydrogen) atoms. The number of methoxy groups -OCH3 is 2. The van der Waals surface area contributed by atoms with Crippen molar-refractivity contribution in [2.45, 2.75) is 39.5 Å². The van der Waals surface area contributed by atoms with Gasteiger partial charge >= 0.3 is 0 Å². The van der Waals surface area contributed by atoms with Crippen LogP contribution in [0.2, 0.25) is 0 Å². The first kappa shape index (κ1) is 21.5. The van der Waals surface area contributed by atoms with Crippen molar-refractivity contribution in [3.8, 4) is 17.2 Å². The minimum absolute atomic E-state index is 0.0660. The zero-order valence-corrected chi connectivity index (χ0v) is 17.7. The molecule has 0 aliphatic heterocycles. The van der Waals surface area contributed by atoms with Gasteiger partial charge in [-0.15, -0.1) is 0 Å². The number of hydrogen-bond acceptors (Lipinski definition) is 4. The second kappa shape index (κ2) is 9.45. The van der Waals surface area contributed by atoms with Crippen LogP contribution in [0.1, 0.15) is 55.6 Å². The Kier molecular flexibility index (Phi) is 7.27. The van der Waals surface area contributed by atoms with Crippen LogP contribution in [0.15, 0.2) is 42.5 Å². The predicted octanol–water partition coefficient (Wildman–Crippen LogP) is 5.69. The molecule has 0 spiro atoms. The molecule has 4 heteroatoms. The fourth-order valence-electron chi connectivity index (χ4n) is 3.02. The van der Waals surface area contributed by atoms with Gasteiger partial charge in [-0.3, -0.25) is 4.79 Å². The molecule has 0 heterocycles. The molecule has 0 fully saturated rings. The normalized spacial score (nSPS) is 11.5. The first-order valence-electron chi connectivity index (χ1n) is 9.52. The van der Waals surface area contributed by atoms with Gasteiger partial charge in [-0.1, -0.05) is 33.8 Å². The van der Waals surface area contributed by atoms with Crippen LogP contribution in [0.4, 0.5) is 0 Å². The monoisotopic (exact) mass is 382 g/mol. The third-order valence-corrected chi connectivity index (χ3v) is 4.34. The SMILES string of the molecule is CCCOc1ccc(C(=O)C=Cc2cc(OC)cc(OC)c2C(C)(C)C)cc1. The maximum absolute atomic E-state index is 12.6. The van der Waals surface area contributed by atoms with Crippen LogP contribution in [0.3, 0.4) is 0 Å². The van der Waals surface area contributed by atoms with Crippen molar-refractivity contribution in [1.82, 2.24) is 0 Å². The van der Waals surface area contributed by atoms with E-state index in [9.17, 15) is 4.79 Å². The summed E-state index contributed by atoms with van der Waals surface area (Å²) in [6.07, 6.45) is 4.37. The molecule has 0 saturated heterocycles. The van der Waals surface area contributed by atoms with Gasteiger partial charge in [0.05, 0.1) is 20.8 Å². The lowest BCUT2D eigenvalue weighted by Gasteiger charge is -2.25. The third kappa shape index (κ3) is 5.38. The largest absolute Gasteiger partial charge is 0.497 e. The lowest BCUT2D eigenvalue weighted by Crippen LogP contribution is -2.15. The van der Waals surface area contributed by atoms with Gasteiger partial charge in [0.25, 0.3) is 0 Å². The first-order valence-corrected chi connectivity index (χ1v) is 9.52. The summed E-state index contributed by atoms with van der Waals surface area (Å²) < 4.78 is 16.5. The Hall–Kier alpha value is -2.75. The number of rotatable bonds is 8. The van der Waals surface area contributed by atoms with Crippen LogP contribution in [0.25, 0.3) is 6.08 Å². The maximum atomic E-state index is 12.6. The van der Waals surface area contributed by atoms with Crippen LogP contribution in [0.5, 0.6) is 17.2 Å². The molecular weight excluding hydrogens is 352 g/mol. The zero-order valence-electron chi connectivity index (χ0n) is 17.7. The van der Waals surface area contributed by atoms with E-state index < -0.39 is 0 Å². The molecule has 2 aromatic carbocycles. The molecule has 0 radical (unpaired) electrons. The van der Waals surface area contributed by atoms with E-state index >= 15 is 0 Å². The number of carbonyl (C=O) groups excluding carboxylic acids is 1. The van der Waals surface area contributed by atoms with Gasteiger partial charge in [-0.25, -0.2) is 0 Å². The molecule has 150 valence electrons. The molecule has 0 atom stereocenters. The highest BCUT2D eigenvalue weighted by molar-refractivity contribution is 6.07. The van der Waals surface area contributed by atoms with Crippen molar-refractivity contribution in [3.05, 3.63) is 59.2 Å². The summed E-state index contributed by atoms with van der Waals surface area (Å²) in [5.41, 5.74) is 2.40. The first-order chi connectivity index (χ1) is 13.3. The van der Waals surface area contributed by atoms with E-state index in [4.69, 9.17) is 14.2 Å². The summed E-state index contributed by atoms with van der Waals surface area (Å²) in [4.78, 5) is 12.6. The van der Waals surface area contributed by atoms with Gasteiger partial charge in [0, 0.05) is 17.2 Å². The molecule has 0 N–H and O–H groups in total. The van der Waals surface area contributed by atoms with E-state index in [1.54, 1.807) is 32.4 Å². The third-order valence-electron chi connectivity index (χ3n) is 4.34. The van der Waals surface area contributed by atoms with Crippen LogP contribution < -0.4 is 14.2 Å². The Labute approximate surface area is 168 Å². The second-order valence-electron chi connectivity index (χ2n) is 7.61. The van der Waals surface area contributed by atoms with Crippen LogP contribution >= 0.6 is 0 Å². The smallest absolute Gasteiger partial charge is 0.185 e. The van der Waals surface area contributed by atoms with Crippen molar-refractivity contribution >= 4 is 11.9 Å². The van der Waals surface area contributed by atoms with Gasteiger partial charge < -0.3 is 14.2 Å². The fraction of sp³-hybridized carbons (Fsp3) is 0.375. The highest BCUT2D eigenvalue weighted by atomic mass is 16.5. The zero-order chi connectivity index (χ0) is 20.7. The number of ether oxygens (including phenoxy) is 3. The molecule has 0 amide bonds. The van der Waals surface area contributed by atoms with Gasteiger partial charge in [0.2, 0.25) is 0 Å². The Morgan fingerprint density at radius 1 is 1.00 bits per heavy atom. The highest BCUT2D eigenvalue weighted by Crippen LogP contribution is 2.38. The fourth-order valence-corrected chi connectivity index (χ4v) is 3.02. The molecule has 0 aromatic heterocycles. The van der Waals surface area contributed by atoms with E-state index in [1.165, 1.54) is 0 Å². The second-order valence-corrected chi connectivity index (χ2v) is 7.61. The molecule has 2 rings (SSSR count). The lowest BCUT2D eigenvalue weighted by atomic mass is 9.82. The molecule has 0 aliphatic rings. The average Bonchev–Trinajstić information content (AvgIpc) is 2.69. The van der Waals surface area contributed by atoms with E-state index in [0.717, 1.165) is 29.0 Å². The van der Waals surface area contributed by atoms with Crippen molar-refractivity contribution in [1.29, 1.82) is 0 Å². The highest BCUT2D eigenvalue weighted by Gasteiger charge is 2.23. The summed E-state index contributed by atoms with van der Waals surface area (Å²) in [5.74, 6) is 2.14. The van der Waals surface area contributed by atoms with Gasteiger partial charge in [0.15, 0.2) is 5.78 Å². The lowest BCUT2D eigenvalue weighted by molar-refractivity contribution is 0.104. The minimum Gasteiger partial charge on any atom is -0.497 e. The van der Waals surface area contributed by atoms with Gasteiger partial charge in [0.1, 0.15) is 17.2 Å². The number of hydrogen-bond donors (Lipinski definition) is 0. The summed E-state index contributed by atoms with van der Waals surface area (Å²) in [5, 5.41) is 0. The summed E-state index contributed by atoms with van der Waals surface area (Å²) in [7, 11) is 3.26. The van der Waals surface area contributed by atoms with Gasteiger partial charge in [-0.2, -0.15) is 0 Å². The van der Waals surface area contributed by atoms with Crippen molar-refractivity contribution < 1.29 is 19.0 Å². The Bertz CT molecular complexity index is 827. The number of ketones is 1. The van der Waals surface area contributed by atoms with E-state index in [1.807, 2.05) is 30.3 Å². The Morgan fingerprint density at radius 2 is 1.68 bits per heavy atom. The summed E-state index contributed by atoms with van der Waals surface area (Å²) in [6.45, 7) is 9.07. The molecule has 0 unspecified atom stereocenters. The molecule has 4 nitrogen and oxygen atoms in total. The van der Waals surface area contributed by atoms with Crippen molar-refractivity contribution in [3.63, 3.8) is 0 Å².